The van der Waals surface area contributed by atoms with Gasteiger partial charge in [0.2, 0.25) is 0 Å². The molecule has 0 aromatic heterocycles. The van der Waals surface area contributed by atoms with Crippen molar-refractivity contribution < 1.29 is 14.3 Å². The van der Waals surface area contributed by atoms with Gasteiger partial charge in [-0.1, -0.05) is 43.7 Å². The maximum Gasteiger partial charge on any atom is 0.278 e. The number of rotatable bonds is 11. The number of nitrogens with one attached hydrogen (secondary N) is 1. The first-order valence-electron chi connectivity index (χ1n) is 12.5. The van der Waals surface area contributed by atoms with Gasteiger partial charge in [-0.25, -0.2) is 0 Å². The van der Waals surface area contributed by atoms with Crippen LogP contribution in [0.5, 0.6) is 0 Å². The third kappa shape index (κ3) is 5.68. The van der Waals surface area contributed by atoms with Crippen LogP contribution in [-0.4, -0.2) is 49.6 Å². The molecule has 1 saturated heterocycles. The average Bonchev–Trinajstić information content (AvgIpc) is 3.11. The lowest BCUT2D eigenvalue weighted by Gasteiger charge is -2.28. The van der Waals surface area contributed by atoms with Crippen molar-refractivity contribution >= 4 is 28.8 Å². The van der Waals surface area contributed by atoms with E-state index in [0.29, 0.717) is 37.4 Å². The van der Waals surface area contributed by atoms with E-state index in [2.05, 4.69) is 29.3 Å². The van der Waals surface area contributed by atoms with Crippen LogP contribution < -0.4 is 10.2 Å². The van der Waals surface area contributed by atoms with Gasteiger partial charge in [-0.2, -0.15) is 0 Å². The molecule has 0 aliphatic carbocycles. The van der Waals surface area contributed by atoms with E-state index in [1.807, 2.05) is 42.5 Å². The normalized spacial score (nSPS) is 16.5. The fourth-order valence-corrected chi connectivity index (χ4v) is 4.49. The van der Waals surface area contributed by atoms with Gasteiger partial charge in [0, 0.05) is 44.2 Å². The summed E-state index contributed by atoms with van der Waals surface area (Å²) in [6.07, 6.45) is 6.48. The number of amides is 2. The lowest BCUT2D eigenvalue weighted by Crippen LogP contribution is -2.34. The maximum absolute atomic E-state index is 13.3. The van der Waals surface area contributed by atoms with Crippen LogP contribution in [-0.2, 0) is 14.3 Å². The van der Waals surface area contributed by atoms with Gasteiger partial charge in [-0.05, 0) is 61.9 Å². The molecule has 0 saturated carbocycles. The van der Waals surface area contributed by atoms with Crippen LogP contribution in [0.3, 0.4) is 0 Å². The molecule has 1 N–H and O–H groups in total. The zero-order valence-corrected chi connectivity index (χ0v) is 20.1. The molecule has 180 valence electrons. The molecular formula is C28H35N3O3. The number of benzene rings is 2. The Morgan fingerprint density at radius 1 is 0.853 bits per heavy atom. The molecule has 2 aromatic rings. The van der Waals surface area contributed by atoms with Crippen LogP contribution in [0.4, 0.5) is 11.4 Å². The quantitative estimate of drug-likeness (QED) is 0.374. The molecule has 6 heteroatoms. The Labute approximate surface area is 202 Å². The molecule has 2 aliphatic rings. The van der Waals surface area contributed by atoms with E-state index in [1.54, 1.807) is 0 Å². The molecule has 6 nitrogen and oxygen atoms in total. The zero-order valence-electron chi connectivity index (χ0n) is 20.1. The molecule has 2 heterocycles. The van der Waals surface area contributed by atoms with E-state index in [9.17, 15) is 9.59 Å². The Bertz CT molecular complexity index is 995. The van der Waals surface area contributed by atoms with Crippen LogP contribution in [0.1, 0.15) is 51.0 Å². The molecule has 0 unspecified atom stereocenters. The van der Waals surface area contributed by atoms with Crippen LogP contribution in [0.25, 0.3) is 5.57 Å². The first-order valence-corrected chi connectivity index (χ1v) is 12.5. The second-order valence-corrected chi connectivity index (χ2v) is 8.92. The van der Waals surface area contributed by atoms with E-state index < -0.39 is 0 Å². The lowest BCUT2D eigenvalue weighted by molar-refractivity contribution is -0.137. The van der Waals surface area contributed by atoms with E-state index in [1.165, 1.54) is 29.8 Å². The standard InChI is InChI=1S/C28H35N3O3/c1-2-3-20-34-21-10-19-31-27(32)25(22-11-6-4-7-12-22)26(28(31)33)29-23-13-15-24(16-14-23)30-17-8-5-9-18-30/h4,6-7,11-16,29H,2-3,5,8-10,17-21H2,1H3. The molecule has 0 bridgehead atoms. The molecule has 0 atom stereocenters. The number of carbonyl (C=O) groups is 2. The van der Waals surface area contributed by atoms with Crippen molar-refractivity contribution in [2.24, 2.45) is 0 Å². The SMILES string of the molecule is CCCCOCCCN1C(=O)C(Nc2ccc(N3CCCCC3)cc2)=C(c2ccccc2)C1=O. The highest BCUT2D eigenvalue weighted by molar-refractivity contribution is 6.36. The van der Waals surface area contributed by atoms with Gasteiger partial charge in [-0.3, -0.25) is 14.5 Å². The number of anilines is 2. The van der Waals surface area contributed by atoms with E-state index in [-0.39, 0.29) is 11.8 Å². The smallest absolute Gasteiger partial charge is 0.278 e. The van der Waals surface area contributed by atoms with Crippen LogP contribution in [0.2, 0.25) is 0 Å². The summed E-state index contributed by atoms with van der Waals surface area (Å²) in [5.74, 6) is -0.533. The minimum absolute atomic E-state index is 0.253. The summed E-state index contributed by atoms with van der Waals surface area (Å²) in [4.78, 5) is 30.4. The predicted octanol–water partition coefficient (Wildman–Crippen LogP) is 5.08. The summed E-state index contributed by atoms with van der Waals surface area (Å²) in [7, 11) is 0. The number of piperidine rings is 1. The van der Waals surface area contributed by atoms with Crippen LogP contribution in [0, 0.1) is 0 Å². The molecule has 2 aliphatic heterocycles. The maximum atomic E-state index is 13.3. The molecule has 2 aromatic carbocycles. The largest absolute Gasteiger partial charge is 0.381 e. The van der Waals surface area contributed by atoms with E-state index >= 15 is 0 Å². The number of ether oxygens (including phenoxy) is 1. The van der Waals surface area contributed by atoms with Crippen molar-refractivity contribution in [2.75, 3.05) is 43.1 Å². The minimum atomic E-state index is -0.280. The average molecular weight is 462 g/mol. The first kappa shape index (κ1) is 24.0. The number of imide groups is 1. The Morgan fingerprint density at radius 3 is 2.26 bits per heavy atom. The fourth-order valence-electron chi connectivity index (χ4n) is 4.49. The fraction of sp³-hybridized carbons (Fsp3) is 0.429. The summed E-state index contributed by atoms with van der Waals surface area (Å²) in [6, 6.07) is 17.6. The van der Waals surface area contributed by atoms with Crippen LogP contribution >= 0.6 is 0 Å². The Kier molecular flexibility index (Phi) is 8.36. The summed E-state index contributed by atoms with van der Waals surface area (Å²) in [6.45, 7) is 5.89. The number of carbonyl (C=O) groups excluding carboxylic acids is 2. The Morgan fingerprint density at radius 2 is 1.56 bits per heavy atom. The van der Waals surface area contributed by atoms with E-state index in [0.717, 1.165) is 37.2 Å². The first-order chi connectivity index (χ1) is 16.7. The topological polar surface area (TPSA) is 61.9 Å². The van der Waals surface area contributed by atoms with Gasteiger partial charge in [0.1, 0.15) is 5.70 Å². The summed E-state index contributed by atoms with van der Waals surface area (Å²) in [5.41, 5.74) is 3.51. The third-order valence-corrected chi connectivity index (χ3v) is 6.40. The summed E-state index contributed by atoms with van der Waals surface area (Å²) in [5, 5.41) is 3.27. The second-order valence-electron chi connectivity index (χ2n) is 8.92. The number of hydrogen-bond donors (Lipinski definition) is 1. The number of nitrogens with zero attached hydrogens (tertiary/aromatic N) is 2. The molecule has 4 rings (SSSR count). The van der Waals surface area contributed by atoms with Crippen molar-refractivity contribution in [1.82, 2.24) is 4.90 Å². The van der Waals surface area contributed by atoms with Gasteiger partial charge < -0.3 is 15.0 Å². The molecule has 0 radical (unpaired) electrons. The van der Waals surface area contributed by atoms with Crippen molar-refractivity contribution in [3.05, 3.63) is 65.9 Å². The molecule has 1 fully saturated rings. The highest BCUT2D eigenvalue weighted by atomic mass is 16.5. The molecule has 2 amide bonds. The zero-order chi connectivity index (χ0) is 23.8. The van der Waals surface area contributed by atoms with Crippen molar-refractivity contribution in [2.45, 2.75) is 45.4 Å². The van der Waals surface area contributed by atoms with E-state index in [4.69, 9.17) is 4.74 Å². The van der Waals surface area contributed by atoms with Gasteiger partial charge in [0.15, 0.2) is 0 Å². The number of hydrogen-bond acceptors (Lipinski definition) is 5. The Balaban J connectivity index is 1.49. The second kappa shape index (κ2) is 11.8. The van der Waals surface area contributed by atoms with Gasteiger partial charge in [0.05, 0.1) is 5.57 Å². The van der Waals surface area contributed by atoms with Gasteiger partial charge in [0.25, 0.3) is 11.8 Å². The van der Waals surface area contributed by atoms with Crippen molar-refractivity contribution in [1.29, 1.82) is 0 Å². The summed E-state index contributed by atoms with van der Waals surface area (Å²) >= 11 is 0. The third-order valence-electron chi connectivity index (χ3n) is 6.40. The van der Waals surface area contributed by atoms with Crippen LogP contribution in [0.15, 0.2) is 60.3 Å². The van der Waals surface area contributed by atoms with Crippen molar-refractivity contribution in [3.63, 3.8) is 0 Å². The summed E-state index contributed by atoms with van der Waals surface area (Å²) < 4.78 is 5.62. The van der Waals surface area contributed by atoms with Crippen molar-refractivity contribution in [3.8, 4) is 0 Å². The predicted molar refractivity (Wildman–Crippen MR) is 137 cm³/mol. The van der Waals surface area contributed by atoms with Gasteiger partial charge in [-0.15, -0.1) is 0 Å². The highest BCUT2D eigenvalue weighted by Gasteiger charge is 2.38. The molecular weight excluding hydrogens is 426 g/mol. The monoisotopic (exact) mass is 461 g/mol. The minimum Gasteiger partial charge on any atom is -0.381 e. The lowest BCUT2D eigenvalue weighted by atomic mass is 10.0. The molecule has 0 spiro atoms. The Hall–Kier alpha value is -3.12. The molecule has 34 heavy (non-hydrogen) atoms. The number of unbranched alkanes of at least 4 members (excludes halogenated alkanes) is 1. The van der Waals surface area contributed by atoms with Gasteiger partial charge >= 0.3 is 0 Å². The highest BCUT2D eigenvalue weighted by Crippen LogP contribution is 2.31.